The van der Waals surface area contributed by atoms with Gasteiger partial charge in [-0.15, -0.1) is 0 Å². The zero-order valence-electron chi connectivity index (χ0n) is 10.1. The number of amides is 1. The van der Waals surface area contributed by atoms with Crippen molar-refractivity contribution in [2.75, 3.05) is 32.8 Å². The molecule has 1 N–H and O–H groups in total. The van der Waals surface area contributed by atoms with Gasteiger partial charge in [0.1, 0.15) is 0 Å². The molecular formula is C12H22N2O2. The van der Waals surface area contributed by atoms with Crippen LogP contribution in [0.1, 0.15) is 26.2 Å². The number of ether oxygens (including phenoxy) is 1. The van der Waals surface area contributed by atoms with Crippen LogP contribution in [-0.4, -0.2) is 49.7 Å². The van der Waals surface area contributed by atoms with E-state index in [0.717, 1.165) is 45.6 Å². The minimum atomic E-state index is 0.266. The maximum atomic E-state index is 12.0. The first kappa shape index (κ1) is 11.9. The number of rotatable bonds is 4. The quantitative estimate of drug-likeness (QED) is 0.764. The Hall–Kier alpha value is -0.610. The average molecular weight is 226 g/mol. The van der Waals surface area contributed by atoms with Crippen LogP contribution in [0.5, 0.6) is 0 Å². The first-order chi connectivity index (χ1) is 7.79. The predicted molar refractivity (Wildman–Crippen MR) is 62.2 cm³/mol. The lowest BCUT2D eigenvalue weighted by atomic mass is 9.97. The Morgan fingerprint density at radius 3 is 2.94 bits per heavy atom. The molecule has 2 aliphatic rings. The molecule has 0 spiro atoms. The van der Waals surface area contributed by atoms with E-state index in [9.17, 15) is 4.79 Å². The summed E-state index contributed by atoms with van der Waals surface area (Å²) in [5, 5.41) is 3.20. The van der Waals surface area contributed by atoms with Crippen LogP contribution in [0.4, 0.5) is 0 Å². The van der Waals surface area contributed by atoms with Crippen LogP contribution in [0.3, 0.4) is 0 Å². The van der Waals surface area contributed by atoms with Crippen molar-refractivity contribution < 1.29 is 9.53 Å². The molecule has 1 atom stereocenters. The predicted octanol–water partition coefficient (Wildman–Crippen LogP) is 0.623. The van der Waals surface area contributed by atoms with Crippen molar-refractivity contribution in [1.82, 2.24) is 10.2 Å². The SMILES string of the molecule is CCOC1CCCN(C(=O)CC2CNC2)C1. The summed E-state index contributed by atoms with van der Waals surface area (Å²) in [6.07, 6.45) is 3.16. The summed E-state index contributed by atoms with van der Waals surface area (Å²) in [6, 6.07) is 0. The fraction of sp³-hybridized carbons (Fsp3) is 0.917. The number of likely N-dealkylation sites (tertiary alicyclic amines) is 1. The highest BCUT2D eigenvalue weighted by Gasteiger charge is 2.27. The third-order valence-corrected chi connectivity index (χ3v) is 3.46. The molecule has 0 aromatic carbocycles. The first-order valence-corrected chi connectivity index (χ1v) is 6.39. The molecular weight excluding hydrogens is 204 g/mol. The molecule has 0 aromatic heterocycles. The summed E-state index contributed by atoms with van der Waals surface area (Å²) in [4.78, 5) is 14.0. The molecule has 2 saturated heterocycles. The number of piperidine rings is 1. The second kappa shape index (κ2) is 5.64. The van der Waals surface area contributed by atoms with Gasteiger partial charge in [0, 0.05) is 26.1 Å². The van der Waals surface area contributed by atoms with E-state index < -0.39 is 0 Å². The van der Waals surface area contributed by atoms with Gasteiger partial charge in [-0.2, -0.15) is 0 Å². The van der Waals surface area contributed by atoms with Crippen LogP contribution < -0.4 is 5.32 Å². The number of hydrogen-bond donors (Lipinski definition) is 1. The number of carbonyl (C=O) groups excluding carboxylic acids is 1. The van der Waals surface area contributed by atoms with E-state index in [1.165, 1.54) is 0 Å². The first-order valence-electron chi connectivity index (χ1n) is 6.39. The van der Waals surface area contributed by atoms with Crippen molar-refractivity contribution in [2.24, 2.45) is 5.92 Å². The zero-order valence-corrected chi connectivity index (χ0v) is 10.1. The molecule has 16 heavy (non-hydrogen) atoms. The van der Waals surface area contributed by atoms with Crippen molar-refractivity contribution in [1.29, 1.82) is 0 Å². The molecule has 0 aliphatic carbocycles. The lowest BCUT2D eigenvalue weighted by molar-refractivity contribution is -0.136. The molecule has 2 aliphatic heterocycles. The number of hydrogen-bond acceptors (Lipinski definition) is 3. The van der Waals surface area contributed by atoms with Gasteiger partial charge in [-0.25, -0.2) is 0 Å². The molecule has 4 heteroatoms. The summed E-state index contributed by atoms with van der Waals surface area (Å²) in [6.45, 7) is 6.50. The van der Waals surface area contributed by atoms with E-state index in [2.05, 4.69) is 5.32 Å². The smallest absolute Gasteiger partial charge is 0.223 e. The Morgan fingerprint density at radius 1 is 1.50 bits per heavy atom. The maximum absolute atomic E-state index is 12.0. The van der Waals surface area contributed by atoms with E-state index in [-0.39, 0.29) is 6.10 Å². The largest absolute Gasteiger partial charge is 0.377 e. The highest BCUT2D eigenvalue weighted by atomic mass is 16.5. The highest BCUT2D eigenvalue weighted by Crippen LogP contribution is 2.17. The Kier molecular flexibility index (Phi) is 4.18. The van der Waals surface area contributed by atoms with Gasteiger partial charge >= 0.3 is 0 Å². The van der Waals surface area contributed by atoms with Gasteiger partial charge in [0.15, 0.2) is 0 Å². The molecule has 4 nitrogen and oxygen atoms in total. The van der Waals surface area contributed by atoms with Crippen molar-refractivity contribution in [2.45, 2.75) is 32.3 Å². The van der Waals surface area contributed by atoms with Crippen LogP contribution in [0, 0.1) is 5.92 Å². The second-order valence-electron chi connectivity index (χ2n) is 4.79. The molecule has 0 radical (unpaired) electrons. The topological polar surface area (TPSA) is 41.6 Å². The van der Waals surface area contributed by atoms with Crippen LogP contribution >= 0.6 is 0 Å². The summed E-state index contributed by atoms with van der Waals surface area (Å²) in [5.41, 5.74) is 0. The monoisotopic (exact) mass is 226 g/mol. The molecule has 92 valence electrons. The lowest BCUT2D eigenvalue weighted by Crippen LogP contribution is -2.48. The fourth-order valence-corrected chi connectivity index (χ4v) is 2.41. The summed E-state index contributed by atoms with van der Waals surface area (Å²) >= 11 is 0. The third kappa shape index (κ3) is 2.95. The van der Waals surface area contributed by atoms with Gasteiger partial charge in [0.05, 0.1) is 6.10 Å². The molecule has 1 unspecified atom stereocenters. The third-order valence-electron chi connectivity index (χ3n) is 3.46. The summed E-state index contributed by atoms with van der Waals surface area (Å²) in [5.74, 6) is 0.885. The van der Waals surface area contributed by atoms with Crippen LogP contribution in [0.25, 0.3) is 0 Å². The summed E-state index contributed by atoms with van der Waals surface area (Å²) < 4.78 is 5.60. The molecule has 0 bridgehead atoms. The van der Waals surface area contributed by atoms with Crippen LogP contribution in [0.2, 0.25) is 0 Å². The van der Waals surface area contributed by atoms with E-state index in [1.54, 1.807) is 0 Å². The zero-order chi connectivity index (χ0) is 11.4. The maximum Gasteiger partial charge on any atom is 0.223 e. The fourth-order valence-electron chi connectivity index (χ4n) is 2.41. The van der Waals surface area contributed by atoms with Gasteiger partial charge in [0.25, 0.3) is 0 Å². The Morgan fingerprint density at radius 2 is 2.31 bits per heavy atom. The number of carbonyl (C=O) groups is 1. The molecule has 2 rings (SSSR count). The molecule has 1 amide bonds. The highest BCUT2D eigenvalue weighted by molar-refractivity contribution is 5.76. The van der Waals surface area contributed by atoms with Crippen LogP contribution in [0.15, 0.2) is 0 Å². The Bertz CT molecular complexity index is 239. The van der Waals surface area contributed by atoms with Crippen molar-refractivity contribution in [3.05, 3.63) is 0 Å². The van der Waals surface area contributed by atoms with Crippen LogP contribution in [-0.2, 0) is 9.53 Å². The van der Waals surface area contributed by atoms with Gasteiger partial charge < -0.3 is 15.0 Å². The van der Waals surface area contributed by atoms with Gasteiger partial charge in [-0.05, 0) is 38.8 Å². The van der Waals surface area contributed by atoms with Crippen molar-refractivity contribution in [3.63, 3.8) is 0 Å². The van der Waals surface area contributed by atoms with Gasteiger partial charge in [-0.3, -0.25) is 4.79 Å². The minimum absolute atomic E-state index is 0.266. The normalized spacial score (nSPS) is 26.6. The van der Waals surface area contributed by atoms with E-state index >= 15 is 0 Å². The molecule has 0 aromatic rings. The lowest BCUT2D eigenvalue weighted by Gasteiger charge is -2.35. The Balaban J connectivity index is 1.76. The summed E-state index contributed by atoms with van der Waals surface area (Å²) in [7, 11) is 0. The van der Waals surface area contributed by atoms with Crippen molar-refractivity contribution in [3.8, 4) is 0 Å². The number of nitrogens with zero attached hydrogens (tertiary/aromatic N) is 1. The van der Waals surface area contributed by atoms with Gasteiger partial charge in [-0.1, -0.05) is 0 Å². The Labute approximate surface area is 97.3 Å². The van der Waals surface area contributed by atoms with Gasteiger partial charge in [0.2, 0.25) is 5.91 Å². The van der Waals surface area contributed by atoms with E-state index in [0.29, 0.717) is 18.2 Å². The standard InChI is InChI=1S/C12H22N2O2/c1-2-16-11-4-3-5-14(9-11)12(15)6-10-7-13-8-10/h10-11,13H,2-9H2,1H3. The second-order valence-corrected chi connectivity index (χ2v) is 4.79. The van der Waals surface area contributed by atoms with E-state index in [4.69, 9.17) is 4.74 Å². The van der Waals surface area contributed by atoms with Crippen molar-refractivity contribution >= 4 is 5.91 Å². The molecule has 0 saturated carbocycles. The molecule has 2 fully saturated rings. The molecule has 2 heterocycles. The minimum Gasteiger partial charge on any atom is -0.377 e. The van der Waals surface area contributed by atoms with E-state index in [1.807, 2.05) is 11.8 Å². The number of nitrogens with one attached hydrogen (secondary N) is 1. The average Bonchev–Trinajstić information content (AvgIpc) is 2.24.